The summed E-state index contributed by atoms with van der Waals surface area (Å²) in [7, 11) is 2.22. The Kier molecular flexibility index (Phi) is 3.52. The lowest BCUT2D eigenvalue weighted by Crippen LogP contribution is -2.61. The minimum atomic E-state index is 0.618. The molecule has 0 aliphatic heterocycles. The van der Waals surface area contributed by atoms with E-state index in [2.05, 4.69) is 40.1 Å². The van der Waals surface area contributed by atoms with E-state index in [0.29, 0.717) is 16.2 Å². The second kappa shape index (κ2) is 4.73. The largest absolute Gasteiger partial charge is 0.316 e. The summed E-state index contributed by atoms with van der Waals surface area (Å²) < 4.78 is 0. The van der Waals surface area contributed by atoms with Crippen LogP contribution >= 0.6 is 0 Å². The van der Waals surface area contributed by atoms with Gasteiger partial charge in [0.2, 0.25) is 0 Å². The van der Waals surface area contributed by atoms with Crippen LogP contribution in [0.4, 0.5) is 0 Å². The Labute approximate surface area is 126 Å². The molecule has 4 saturated carbocycles. The van der Waals surface area contributed by atoms with E-state index in [1.54, 1.807) is 0 Å². The van der Waals surface area contributed by atoms with Crippen LogP contribution in [0.15, 0.2) is 0 Å². The van der Waals surface area contributed by atoms with Crippen molar-refractivity contribution in [3.05, 3.63) is 0 Å². The molecule has 4 fully saturated rings. The minimum absolute atomic E-state index is 0.618. The summed E-state index contributed by atoms with van der Waals surface area (Å²) >= 11 is 0. The first kappa shape index (κ1) is 14.9. The zero-order chi connectivity index (χ0) is 14.6. The molecule has 0 aromatic rings. The van der Waals surface area contributed by atoms with Gasteiger partial charge in [-0.2, -0.15) is 0 Å². The van der Waals surface area contributed by atoms with Crippen molar-refractivity contribution < 1.29 is 0 Å². The lowest BCUT2D eigenvalue weighted by Gasteiger charge is -2.67. The zero-order valence-electron chi connectivity index (χ0n) is 14.4. The molecule has 4 aliphatic carbocycles. The van der Waals surface area contributed by atoms with E-state index in [1.807, 2.05) is 0 Å². The van der Waals surface area contributed by atoms with Crippen molar-refractivity contribution in [2.45, 2.75) is 85.1 Å². The van der Waals surface area contributed by atoms with Crippen molar-refractivity contribution in [3.8, 4) is 0 Å². The molecule has 1 nitrogen and oxygen atoms in total. The van der Waals surface area contributed by atoms with Gasteiger partial charge < -0.3 is 5.32 Å². The van der Waals surface area contributed by atoms with Crippen molar-refractivity contribution in [1.82, 2.24) is 5.32 Å². The molecule has 1 heteroatoms. The first-order chi connectivity index (χ1) is 9.28. The van der Waals surface area contributed by atoms with Crippen LogP contribution in [0.25, 0.3) is 0 Å². The second-order valence-electron chi connectivity index (χ2n) is 9.80. The molecule has 3 atom stereocenters. The molecule has 0 spiro atoms. The fourth-order valence-corrected chi connectivity index (χ4v) is 7.18. The Bertz CT molecular complexity index is 354. The molecule has 116 valence electrons. The quantitative estimate of drug-likeness (QED) is 0.745. The number of hydrogen-bond acceptors (Lipinski definition) is 1. The summed E-state index contributed by atoms with van der Waals surface area (Å²) in [4.78, 5) is 0. The van der Waals surface area contributed by atoms with Gasteiger partial charge in [0.05, 0.1) is 0 Å². The van der Waals surface area contributed by atoms with Crippen LogP contribution in [0.1, 0.15) is 79.1 Å². The topological polar surface area (TPSA) is 12.0 Å². The molecule has 1 N–H and O–H groups in total. The van der Waals surface area contributed by atoms with Gasteiger partial charge in [0, 0.05) is 6.04 Å². The van der Waals surface area contributed by atoms with Gasteiger partial charge in [-0.15, -0.1) is 0 Å². The number of rotatable bonds is 5. The standard InChI is InChI=1S/C19H35N/c1-14(2)6-7-16(20-5)19-10-15-8-17(3,12-19)11-18(4,9-15)13-19/h14-16,20H,6-13H2,1-5H3. The van der Waals surface area contributed by atoms with Crippen molar-refractivity contribution in [2.24, 2.45) is 28.1 Å². The van der Waals surface area contributed by atoms with Crippen LogP contribution in [0.2, 0.25) is 0 Å². The summed E-state index contributed by atoms with van der Waals surface area (Å²) in [5.74, 6) is 1.86. The van der Waals surface area contributed by atoms with Gasteiger partial charge in [-0.3, -0.25) is 0 Å². The molecule has 0 radical (unpaired) electrons. The maximum absolute atomic E-state index is 3.75. The maximum atomic E-state index is 3.75. The monoisotopic (exact) mass is 277 g/mol. The van der Waals surface area contributed by atoms with Crippen molar-refractivity contribution in [3.63, 3.8) is 0 Å². The predicted octanol–water partition coefficient (Wildman–Crippen LogP) is 5.01. The SMILES string of the molecule is CNC(CCC(C)C)C12CC3CC(C)(CC(C)(C3)C1)C2. The Morgan fingerprint density at radius 1 is 0.950 bits per heavy atom. The van der Waals surface area contributed by atoms with Crippen LogP contribution < -0.4 is 5.32 Å². The van der Waals surface area contributed by atoms with Crippen LogP contribution in [0.3, 0.4) is 0 Å². The lowest BCUT2D eigenvalue weighted by atomic mass is 9.39. The lowest BCUT2D eigenvalue weighted by molar-refractivity contribution is -0.158. The molecule has 0 aromatic heterocycles. The fourth-order valence-electron chi connectivity index (χ4n) is 7.18. The molecular weight excluding hydrogens is 242 g/mol. The van der Waals surface area contributed by atoms with Gasteiger partial charge in [-0.1, -0.05) is 27.7 Å². The highest BCUT2D eigenvalue weighted by Crippen LogP contribution is 2.70. The smallest absolute Gasteiger partial charge is 0.0121 e. The highest BCUT2D eigenvalue weighted by atomic mass is 14.9. The van der Waals surface area contributed by atoms with Gasteiger partial charge in [0.15, 0.2) is 0 Å². The third-order valence-electron chi connectivity index (χ3n) is 6.79. The summed E-state index contributed by atoms with van der Waals surface area (Å²) in [5.41, 5.74) is 1.93. The number of hydrogen-bond donors (Lipinski definition) is 1. The molecule has 0 saturated heterocycles. The first-order valence-corrected chi connectivity index (χ1v) is 8.96. The molecule has 20 heavy (non-hydrogen) atoms. The Hall–Kier alpha value is -0.0400. The van der Waals surface area contributed by atoms with Crippen molar-refractivity contribution in [1.29, 1.82) is 0 Å². The van der Waals surface area contributed by atoms with Gasteiger partial charge in [-0.25, -0.2) is 0 Å². The summed E-state index contributed by atoms with van der Waals surface area (Å²) in [5, 5.41) is 3.75. The molecule has 0 heterocycles. The predicted molar refractivity (Wildman–Crippen MR) is 86.8 cm³/mol. The van der Waals surface area contributed by atoms with Crippen molar-refractivity contribution >= 4 is 0 Å². The maximum Gasteiger partial charge on any atom is 0.0121 e. The molecule has 4 rings (SSSR count). The summed E-state index contributed by atoms with van der Waals surface area (Å²) in [6.45, 7) is 9.93. The fraction of sp³-hybridized carbons (Fsp3) is 1.00. The van der Waals surface area contributed by atoms with Gasteiger partial charge in [0.1, 0.15) is 0 Å². The molecule has 4 aliphatic rings. The van der Waals surface area contributed by atoms with E-state index in [1.165, 1.54) is 51.4 Å². The third kappa shape index (κ3) is 2.45. The van der Waals surface area contributed by atoms with Crippen molar-refractivity contribution in [2.75, 3.05) is 7.05 Å². The zero-order valence-corrected chi connectivity index (χ0v) is 14.4. The molecular formula is C19H35N. The normalized spacial score (nSPS) is 48.0. The summed E-state index contributed by atoms with van der Waals surface area (Å²) in [6.07, 6.45) is 11.8. The van der Waals surface area contributed by atoms with Gasteiger partial charge in [0.25, 0.3) is 0 Å². The minimum Gasteiger partial charge on any atom is -0.316 e. The van der Waals surface area contributed by atoms with Crippen LogP contribution in [0.5, 0.6) is 0 Å². The average Bonchev–Trinajstić information content (AvgIpc) is 2.23. The molecule has 3 unspecified atom stereocenters. The Morgan fingerprint density at radius 3 is 2.00 bits per heavy atom. The Balaban J connectivity index is 1.83. The van der Waals surface area contributed by atoms with Crippen LogP contribution in [-0.2, 0) is 0 Å². The highest BCUT2D eigenvalue weighted by molar-refractivity contribution is 5.13. The van der Waals surface area contributed by atoms with E-state index in [-0.39, 0.29) is 0 Å². The summed E-state index contributed by atoms with van der Waals surface area (Å²) in [6, 6.07) is 0.756. The van der Waals surface area contributed by atoms with E-state index in [9.17, 15) is 0 Å². The highest BCUT2D eigenvalue weighted by Gasteiger charge is 2.61. The van der Waals surface area contributed by atoms with E-state index in [0.717, 1.165) is 17.9 Å². The van der Waals surface area contributed by atoms with E-state index < -0.39 is 0 Å². The third-order valence-corrected chi connectivity index (χ3v) is 6.79. The first-order valence-electron chi connectivity index (χ1n) is 8.96. The second-order valence-corrected chi connectivity index (χ2v) is 9.80. The van der Waals surface area contributed by atoms with Gasteiger partial charge in [-0.05, 0) is 86.5 Å². The molecule has 4 bridgehead atoms. The molecule has 0 amide bonds. The van der Waals surface area contributed by atoms with Gasteiger partial charge >= 0.3 is 0 Å². The number of nitrogens with one attached hydrogen (secondary N) is 1. The average molecular weight is 277 g/mol. The van der Waals surface area contributed by atoms with E-state index >= 15 is 0 Å². The van der Waals surface area contributed by atoms with E-state index in [4.69, 9.17) is 0 Å². The molecule has 0 aromatic carbocycles. The van der Waals surface area contributed by atoms with Crippen LogP contribution in [0, 0.1) is 28.1 Å². The Morgan fingerprint density at radius 2 is 1.55 bits per heavy atom. The van der Waals surface area contributed by atoms with Crippen LogP contribution in [-0.4, -0.2) is 13.1 Å².